The Kier molecular flexibility index (Phi) is 10.7. The fourth-order valence-electron chi connectivity index (χ4n) is 4.14. The fourth-order valence-corrected chi connectivity index (χ4v) is 4.66. The Bertz CT molecular complexity index is 1060. The van der Waals surface area contributed by atoms with Crippen LogP contribution in [0.1, 0.15) is 16.7 Å². The minimum atomic E-state index is -0.647. The molecule has 1 heterocycles. The van der Waals surface area contributed by atoms with Crippen LogP contribution in [0.25, 0.3) is 0 Å². The van der Waals surface area contributed by atoms with E-state index >= 15 is 0 Å². The van der Waals surface area contributed by atoms with Crippen LogP contribution >= 0.6 is 31.9 Å². The molecule has 0 bridgehead atoms. The van der Waals surface area contributed by atoms with Crippen LogP contribution in [0.5, 0.6) is 0 Å². The minimum absolute atomic E-state index is 0.397. The fraction of sp³-hybridized carbons (Fsp3) is 0.310. The number of benzene rings is 3. The van der Waals surface area contributed by atoms with Crippen LogP contribution in [0.4, 0.5) is 0 Å². The average molecular weight is 618 g/mol. The number of halogens is 2. The summed E-state index contributed by atoms with van der Waals surface area (Å²) in [4.78, 5) is 0. The van der Waals surface area contributed by atoms with E-state index in [0.717, 1.165) is 20.1 Å². The summed E-state index contributed by atoms with van der Waals surface area (Å²) in [7, 11) is 1.62. The molecule has 0 aliphatic carbocycles. The number of ether oxygens (including phenoxy) is 5. The molecule has 0 spiro atoms. The lowest BCUT2D eigenvalue weighted by molar-refractivity contribution is -0.309. The van der Waals surface area contributed by atoms with Crippen LogP contribution in [-0.4, -0.2) is 37.8 Å². The number of rotatable bonds is 11. The number of hydrogen-bond acceptors (Lipinski definition) is 5. The second-order valence-electron chi connectivity index (χ2n) is 8.44. The maximum absolute atomic E-state index is 6.55. The van der Waals surface area contributed by atoms with Gasteiger partial charge in [0.25, 0.3) is 0 Å². The zero-order chi connectivity index (χ0) is 25.2. The standard InChI is InChI=1S/C29H30Br2O5/c1-32-29-28(35-20-23-15-9-4-10-16-23)27(34-19-22-13-7-3-8-14-22)26(24(36-29)17-25(30)31)33-18-21-11-5-2-6-12-21/h2-17,24,26-29H,18-20H2,1H3/t24?,26-,27?,28?,29+/m1/s1. The molecule has 0 saturated carbocycles. The van der Waals surface area contributed by atoms with E-state index in [0.29, 0.717) is 19.8 Å². The first-order valence-electron chi connectivity index (χ1n) is 11.8. The first-order valence-corrected chi connectivity index (χ1v) is 13.4. The first-order chi connectivity index (χ1) is 17.6. The summed E-state index contributed by atoms with van der Waals surface area (Å²) in [5.74, 6) is 0. The van der Waals surface area contributed by atoms with Crippen molar-refractivity contribution in [3.8, 4) is 0 Å². The van der Waals surface area contributed by atoms with E-state index in [-0.39, 0.29) is 0 Å². The van der Waals surface area contributed by atoms with Gasteiger partial charge in [-0.2, -0.15) is 0 Å². The molecule has 0 aromatic heterocycles. The summed E-state index contributed by atoms with van der Waals surface area (Å²) >= 11 is 6.95. The molecular formula is C29H30Br2O5. The van der Waals surface area contributed by atoms with E-state index in [1.165, 1.54) is 0 Å². The lowest BCUT2D eigenvalue weighted by Gasteiger charge is -2.45. The molecule has 1 aliphatic rings. The van der Waals surface area contributed by atoms with Crippen molar-refractivity contribution in [1.82, 2.24) is 0 Å². The highest BCUT2D eigenvalue weighted by Gasteiger charge is 2.48. The smallest absolute Gasteiger partial charge is 0.186 e. The molecule has 1 aliphatic heterocycles. The van der Waals surface area contributed by atoms with Gasteiger partial charge in [-0.05, 0) is 54.6 Å². The van der Waals surface area contributed by atoms with Crippen molar-refractivity contribution in [1.29, 1.82) is 0 Å². The zero-order valence-electron chi connectivity index (χ0n) is 20.0. The van der Waals surface area contributed by atoms with Gasteiger partial charge in [-0.1, -0.05) is 91.0 Å². The van der Waals surface area contributed by atoms with E-state index in [1.807, 2.05) is 97.1 Å². The van der Waals surface area contributed by atoms with Gasteiger partial charge in [-0.15, -0.1) is 0 Å². The van der Waals surface area contributed by atoms with Crippen molar-refractivity contribution in [2.75, 3.05) is 7.11 Å². The highest BCUT2D eigenvalue weighted by Crippen LogP contribution is 2.33. The van der Waals surface area contributed by atoms with Gasteiger partial charge >= 0.3 is 0 Å². The van der Waals surface area contributed by atoms with Crippen molar-refractivity contribution < 1.29 is 23.7 Å². The molecule has 5 atom stereocenters. The second-order valence-corrected chi connectivity index (χ2v) is 11.2. The highest BCUT2D eigenvalue weighted by molar-refractivity contribution is 9.28. The van der Waals surface area contributed by atoms with Crippen LogP contribution in [0.2, 0.25) is 0 Å². The predicted molar refractivity (Wildman–Crippen MR) is 147 cm³/mol. The quantitative estimate of drug-likeness (QED) is 0.238. The molecule has 1 saturated heterocycles. The molecule has 1 fully saturated rings. The molecule has 0 radical (unpaired) electrons. The molecule has 3 aromatic rings. The molecule has 5 nitrogen and oxygen atoms in total. The van der Waals surface area contributed by atoms with Crippen LogP contribution in [-0.2, 0) is 43.5 Å². The Balaban J connectivity index is 1.61. The van der Waals surface area contributed by atoms with Gasteiger partial charge in [-0.3, -0.25) is 0 Å². The van der Waals surface area contributed by atoms with Crippen molar-refractivity contribution in [2.24, 2.45) is 0 Å². The number of hydrogen-bond donors (Lipinski definition) is 0. The van der Waals surface area contributed by atoms with Gasteiger partial charge in [0.15, 0.2) is 6.29 Å². The normalized spacial score (nSPS) is 23.8. The monoisotopic (exact) mass is 616 g/mol. The summed E-state index contributed by atoms with van der Waals surface area (Å²) in [6.45, 7) is 1.21. The largest absolute Gasteiger partial charge is 0.368 e. The summed E-state index contributed by atoms with van der Waals surface area (Å²) < 4.78 is 32.3. The van der Waals surface area contributed by atoms with Gasteiger partial charge in [-0.25, -0.2) is 0 Å². The Morgan fingerprint density at radius 1 is 0.667 bits per heavy atom. The second kappa shape index (κ2) is 14.2. The molecule has 7 heteroatoms. The minimum Gasteiger partial charge on any atom is -0.368 e. The Hall–Kier alpha value is -1.84. The molecular weight excluding hydrogens is 588 g/mol. The number of methoxy groups -OCH3 is 1. The van der Waals surface area contributed by atoms with Crippen molar-refractivity contribution in [2.45, 2.75) is 50.5 Å². The Morgan fingerprint density at radius 2 is 1.08 bits per heavy atom. The molecule has 0 amide bonds. The van der Waals surface area contributed by atoms with Gasteiger partial charge in [0, 0.05) is 7.11 Å². The zero-order valence-corrected chi connectivity index (χ0v) is 23.2. The molecule has 36 heavy (non-hydrogen) atoms. The maximum Gasteiger partial charge on any atom is 0.186 e. The third kappa shape index (κ3) is 7.83. The predicted octanol–water partition coefficient (Wildman–Crippen LogP) is 6.75. The molecule has 4 rings (SSSR count). The summed E-state index contributed by atoms with van der Waals surface area (Å²) in [5.41, 5.74) is 3.19. The van der Waals surface area contributed by atoms with Crippen LogP contribution in [0, 0.1) is 0 Å². The topological polar surface area (TPSA) is 46.2 Å². The Morgan fingerprint density at radius 3 is 1.50 bits per heavy atom. The molecule has 190 valence electrons. The summed E-state index contributed by atoms with van der Waals surface area (Å²) in [6.07, 6.45) is -0.605. The molecule has 0 N–H and O–H groups in total. The lowest BCUT2D eigenvalue weighted by Crippen LogP contribution is -2.60. The van der Waals surface area contributed by atoms with Crippen molar-refractivity contribution in [3.63, 3.8) is 0 Å². The SMILES string of the molecule is CO[C@H]1OC(C=C(Br)Br)[C@@H](OCc2ccccc2)C(OCc2ccccc2)C1OCc1ccccc1. The van der Waals surface area contributed by atoms with Gasteiger partial charge in [0.2, 0.25) is 0 Å². The van der Waals surface area contributed by atoms with Crippen LogP contribution in [0.3, 0.4) is 0 Å². The van der Waals surface area contributed by atoms with Crippen molar-refractivity contribution >= 4 is 31.9 Å². The van der Waals surface area contributed by atoms with E-state index < -0.39 is 30.7 Å². The van der Waals surface area contributed by atoms with Crippen LogP contribution in [0.15, 0.2) is 100 Å². The highest BCUT2D eigenvalue weighted by atomic mass is 79.9. The molecule has 3 unspecified atom stereocenters. The van der Waals surface area contributed by atoms with Gasteiger partial charge in [0.1, 0.15) is 24.4 Å². The summed E-state index contributed by atoms with van der Waals surface area (Å²) in [6, 6.07) is 30.2. The average Bonchev–Trinajstić information content (AvgIpc) is 2.91. The van der Waals surface area contributed by atoms with E-state index in [1.54, 1.807) is 7.11 Å². The lowest BCUT2D eigenvalue weighted by atomic mass is 9.97. The maximum atomic E-state index is 6.55. The Labute approximate surface area is 229 Å². The van der Waals surface area contributed by atoms with Crippen molar-refractivity contribution in [3.05, 3.63) is 117 Å². The van der Waals surface area contributed by atoms with E-state index in [4.69, 9.17) is 23.7 Å². The third-order valence-electron chi connectivity index (χ3n) is 5.91. The first kappa shape index (κ1) is 27.2. The van der Waals surface area contributed by atoms with Gasteiger partial charge < -0.3 is 23.7 Å². The third-order valence-corrected chi connectivity index (χ3v) is 6.44. The molecule has 3 aromatic carbocycles. The summed E-state index contributed by atoms with van der Waals surface area (Å²) in [5, 5.41) is 0. The van der Waals surface area contributed by atoms with E-state index in [9.17, 15) is 0 Å². The van der Waals surface area contributed by atoms with E-state index in [2.05, 4.69) is 31.9 Å². The van der Waals surface area contributed by atoms with Crippen LogP contribution < -0.4 is 0 Å². The van der Waals surface area contributed by atoms with Gasteiger partial charge in [0.05, 0.1) is 23.2 Å².